The average Bonchev–Trinajstić information content (AvgIpc) is 3.89. The molecule has 0 bridgehead atoms. The molecule has 11 nitrogen and oxygen atoms in total. The quantitative estimate of drug-likeness (QED) is 0.116. The molecule has 2 aliphatic rings. The summed E-state index contributed by atoms with van der Waals surface area (Å²) in [5.41, 5.74) is 8.20. The fourth-order valence-corrected chi connectivity index (χ4v) is 171. The van der Waals surface area contributed by atoms with Crippen molar-refractivity contribution in [1.29, 1.82) is 0 Å². The third kappa shape index (κ3) is 14.3. The van der Waals surface area contributed by atoms with Gasteiger partial charge in [0, 0.05) is 38.0 Å². The Balaban J connectivity index is 0.000000329. The molecular formula is C28H47FN6O5P16S. The largest absolute Gasteiger partial charge is 0.414 e. The first kappa shape index (κ1) is 51.1. The predicted molar refractivity (Wildman–Crippen MR) is 283 cm³/mol. The minimum atomic E-state index is -3.46. The molecule has 2 saturated heterocycles. The average molecular weight is 1090 g/mol. The third-order valence-electron chi connectivity index (χ3n) is 8.50. The van der Waals surface area contributed by atoms with E-state index >= 15 is 0 Å². The van der Waals surface area contributed by atoms with Gasteiger partial charge in [-0.15, -0.1) is 90.6 Å². The Morgan fingerprint density at radius 1 is 0.807 bits per heavy atom. The molecule has 4 heterocycles. The standard InChI is InChI=1S/C28H29FN6O5S.H18P16/c29-23-13-17(14-31-19-7-10-39-16-19)1-6-22(23)27-34-35-28(40-27)25-26(30)32-15-24(33-25)18-2-4-20(5-3-18)41(36,37)21-8-11-38-12-9-21;1-10(2)14(9)16(13(7)8)15(11(3)4)12(5)6/h1-6,13,15,19,21,31H,7-12,14,16H2,(H2,30,32);1-9H2/t19-;/m1./s1. The van der Waals surface area contributed by atoms with Crippen LogP contribution in [0.25, 0.3) is 34.3 Å². The SMILES string of the molecule is Nc1ncc(-c2ccc(S(=O)(=O)C3CCOCC3)cc2)nc1-c1nnc(-c2ccc(CN[C@@H]3CCOC3)cc2F)o1.PP(P)P(P)P(P(P)P)P(P(P)P)P(P)P. The van der Waals surface area contributed by atoms with E-state index in [0.717, 1.165) is 18.6 Å². The zero-order chi connectivity index (χ0) is 41.4. The highest BCUT2D eigenvalue weighted by Gasteiger charge is 2.36. The fraction of sp³-hybridized carbons (Fsp3) is 0.357. The Bertz CT molecular complexity index is 2020. The number of hydrogen-bond acceptors (Lipinski definition) is 11. The monoisotopic (exact) mass is 1090 g/mol. The molecule has 0 amide bonds. The van der Waals surface area contributed by atoms with Crippen molar-refractivity contribution < 1.29 is 26.7 Å². The molecular weight excluding hydrogens is 1050 g/mol. The van der Waals surface area contributed by atoms with E-state index in [1.54, 1.807) is 36.4 Å². The van der Waals surface area contributed by atoms with Gasteiger partial charge in [-0.25, -0.2) is 22.8 Å². The number of anilines is 1. The van der Waals surface area contributed by atoms with E-state index in [1.165, 1.54) is 12.3 Å². The highest BCUT2D eigenvalue weighted by atomic mass is 33.4. The number of aromatic nitrogens is 4. The van der Waals surface area contributed by atoms with Crippen molar-refractivity contribution in [2.75, 3.05) is 32.2 Å². The van der Waals surface area contributed by atoms with Crippen molar-refractivity contribution in [3.8, 4) is 34.3 Å². The van der Waals surface area contributed by atoms with E-state index in [2.05, 4.69) is 106 Å². The maximum absolute atomic E-state index is 15.0. The third-order valence-corrected chi connectivity index (χ3v) is 107. The minimum Gasteiger partial charge on any atom is -0.414 e. The molecule has 11 unspecified atom stereocenters. The van der Waals surface area contributed by atoms with Crippen LogP contribution in [0.15, 0.2) is 58.0 Å². The Morgan fingerprint density at radius 3 is 2.02 bits per heavy atom. The molecule has 29 heteroatoms. The Kier molecular flexibility index (Phi) is 22.0. The molecule has 3 N–H and O–H groups in total. The molecule has 57 heavy (non-hydrogen) atoms. The van der Waals surface area contributed by atoms with Crippen molar-refractivity contribution in [1.82, 2.24) is 25.5 Å². The summed E-state index contributed by atoms with van der Waals surface area (Å²) >= 11 is 0. The molecule has 0 saturated carbocycles. The molecule has 2 fully saturated rings. The second kappa shape index (κ2) is 24.6. The molecule has 2 aromatic heterocycles. The van der Waals surface area contributed by atoms with Crippen LogP contribution in [0.1, 0.15) is 24.8 Å². The van der Waals surface area contributed by atoms with E-state index in [4.69, 9.17) is 19.6 Å². The molecule has 2 aliphatic heterocycles. The second-order valence-corrected chi connectivity index (χ2v) is 76.4. The summed E-state index contributed by atoms with van der Waals surface area (Å²) in [5.74, 6) is -0.473. The number of rotatable bonds is 14. The number of nitrogens with zero attached hydrogens (tertiary/aromatic N) is 4. The van der Waals surface area contributed by atoms with Gasteiger partial charge in [0.15, 0.2) is 21.3 Å². The van der Waals surface area contributed by atoms with Crippen molar-refractivity contribution in [2.45, 2.75) is 42.0 Å². The highest BCUT2D eigenvalue weighted by Crippen LogP contribution is 3.24. The van der Waals surface area contributed by atoms with Crippen molar-refractivity contribution in [3.05, 3.63) is 60.0 Å². The molecule has 0 radical (unpaired) electrons. The minimum absolute atomic E-state index is 0.0167. The van der Waals surface area contributed by atoms with Gasteiger partial charge in [0.2, 0.25) is 0 Å². The first-order valence-electron chi connectivity index (χ1n) is 16.9. The van der Waals surface area contributed by atoms with Crippen LogP contribution in [-0.4, -0.2) is 66.3 Å². The number of hydrogen-bond donors (Lipinski definition) is 2. The first-order chi connectivity index (χ1) is 27.1. The van der Waals surface area contributed by atoms with Gasteiger partial charge in [0.05, 0.1) is 34.2 Å². The maximum atomic E-state index is 15.0. The highest BCUT2D eigenvalue weighted by molar-refractivity contribution is 9.30. The van der Waals surface area contributed by atoms with E-state index in [-0.39, 0.29) is 88.7 Å². The Morgan fingerprint density at radius 2 is 1.44 bits per heavy atom. The predicted octanol–water partition coefficient (Wildman–Crippen LogP) is 12.4. The molecule has 0 spiro atoms. The van der Waals surface area contributed by atoms with Crippen LogP contribution in [0.3, 0.4) is 0 Å². The number of nitrogens with one attached hydrogen (secondary N) is 1. The van der Waals surface area contributed by atoms with Crippen LogP contribution >= 0.6 is 129 Å². The number of nitrogen functional groups attached to an aromatic ring is 1. The molecule has 2 aromatic carbocycles. The number of ether oxygens (including phenoxy) is 2. The lowest BCUT2D eigenvalue weighted by Crippen LogP contribution is -2.28. The van der Waals surface area contributed by atoms with E-state index in [0.29, 0.717) is 50.5 Å². The van der Waals surface area contributed by atoms with Crippen molar-refractivity contribution in [2.24, 2.45) is 0 Å². The van der Waals surface area contributed by atoms with Crippen LogP contribution < -0.4 is 11.1 Å². The molecule has 312 valence electrons. The lowest BCUT2D eigenvalue weighted by atomic mass is 10.1. The normalized spacial score (nSPS) is 17.8. The smallest absolute Gasteiger partial charge is 0.270 e. The van der Waals surface area contributed by atoms with Gasteiger partial charge < -0.3 is 24.9 Å². The molecule has 0 aliphatic carbocycles. The second-order valence-electron chi connectivity index (χ2n) is 12.4. The van der Waals surface area contributed by atoms with Crippen LogP contribution in [-0.2, 0) is 25.9 Å². The Hall–Kier alpha value is 3.10. The summed E-state index contributed by atoms with van der Waals surface area (Å²) in [6, 6.07) is 11.5. The zero-order valence-corrected chi connectivity index (χ0v) is 47.9. The number of nitrogens with two attached hydrogens (primary N) is 1. The van der Waals surface area contributed by atoms with Crippen LogP contribution in [0.4, 0.5) is 10.2 Å². The maximum Gasteiger partial charge on any atom is 0.270 e. The lowest BCUT2D eigenvalue weighted by Gasteiger charge is -2.40. The summed E-state index contributed by atoms with van der Waals surface area (Å²) in [4.78, 5) is 8.99. The van der Waals surface area contributed by atoms with Crippen LogP contribution in [0.2, 0.25) is 0 Å². The van der Waals surface area contributed by atoms with Crippen molar-refractivity contribution in [3.63, 3.8) is 0 Å². The van der Waals surface area contributed by atoms with Gasteiger partial charge in [-0.05, 0) is 98.0 Å². The van der Waals surface area contributed by atoms with Gasteiger partial charge in [-0.3, -0.25) is 0 Å². The molecule has 6 rings (SSSR count). The van der Waals surface area contributed by atoms with Crippen LogP contribution in [0, 0.1) is 5.82 Å². The summed E-state index contributed by atoms with van der Waals surface area (Å²) in [5, 5.41) is 10.9. The van der Waals surface area contributed by atoms with Gasteiger partial charge in [0.1, 0.15) is 5.82 Å². The summed E-state index contributed by atoms with van der Waals surface area (Å²) in [6.45, 7) is 3.52. The van der Waals surface area contributed by atoms with Gasteiger partial charge in [-0.2, -0.15) is 0 Å². The van der Waals surface area contributed by atoms with Gasteiger partial charge in [0.25, 0.3) is 11.8 Å². The summed E-state index contributed by atoms with van der Waals surface area (Å²) in [7, 11) is 24.3. The topological polar surface area (TPSA) is 155 Å². The lowest BCUT2D eigenvalue weighted by molar-refractivity contribution is 0.0983. The van der Waals surface area contributed by atoms with E-state index in [1.807, 2.05) is 0 Å². The van der Waals surface area contributed by atoms with E-state index < -0.39 is 20.9 Å². The van der Waals surface area contributed by atoms with E-state index in [9.17, 15) is 12.8 Å². The van der Waals surface area contributed by atoms with Gasteiger partial charge in [-0.1, -0.05) is 18.2 Å². The molecule has 4 aromatic rings. The van der Waals surface area contributed by atoms with Crippen molar-refractivity contribution >= 4 is 145 Å². The molecule has 12 atom stereocenters. The van der Waals surface area contributed by atoms with Crippen LogP contribution in [0.5, 0.6) is 0 Å². The number of sulfone groups is 1. The van der Waals surface area contributed by atoms with Gasteiger partial charge >= 0.3 is 0 Å². The first-order valence-corrected chi connectivity index (χ1v) is 46.6. The fourth-order valence-electron chi connectivity index (χ4n) is 5.59. The Labute approximate surface area is 363 Å². The summed E-state index contributed by atoms with van der Waals surface area (Å²) < 4.78 is 57.4. The zero-order valence-electron chi connectivity index (χ0n) is 30.5. The summed E-state index contributed by atoms with van der Waals surface area (Å²) in [6.07, 6.45) is 3.36. The number of halogens is 1. The number of benzene rings is 2.